The first-order valence-electron chi connectivity index (χ1n) is 6.14. The molecule has 5 nitrogen and oxygen atoms in total. The lowest BCUT2D eigenvalue weighted by molar-refractivity contribution is 0.0937. The summed E-state index contributed by atoms with van der Waals surface area (Å²) in [6, 6.07) is 1.73. The predicted molar refractivity (Wildman–Crippen MR) is 77.4 cm³/mol. The van der Waals surface area contributed by atoms with E-state index < -0.39 is 0 Å². The minimum atomic E-state index is -0.179. The lowest BCUT2D eigenvalue weighted by Gasteiger charge is -2.13. The molecule has 0 saturated heterocycles. The third kappa shape index (κ3) is 3.95. The molecule has 0 saturated carbocycles. The standard InChI is InChI=1S/C14H15N3O2S/c1-11(8-17-5-4-15-10-17)16-14(19)12-7-13(20-9-12)3-2-6-18/h4-5,7,9-11,18H,6,8H2,1H3,(H,16,19). The average molecular weight is 289 g/mol. The Labute approximate surface area is 121 Å². The topological polar surface area (TPSA) is 67.2 Å². The van der Waals surface area contributed by atoms with E-state index in [1.807, 2.05) is 17.7 Å². The summed E-state index contributed by atoms with van der Waals surface area (Å²) in [5, 5.41) is 13.3. The number of carbonyl (C=O) groups excluding carboxylic acids is 1. The zero-order valence-corrected chi connectivity index (χ0v) is 11.9. The second kappa shape index (κ2) is 6.89. The second-order valence-corrected chi connectivity index (χ2v) is 5.20. The smallest absolute Gasteiger partial charge is 0.252 e. The molecular formula is C14H15N3O2S. The van der Waals surface area contributed by atoms with Crippen LogP contribution in [-0.2, 0) is 6.54 Å². The number of nitrogens with one attached hydrogen (secondary N) is 1. The minimum Gasteiger partial charge on any atom is -0.384 e. The quantitative estimate of drug-likeness (QED) is 0.829. The third-order valence-corrected chi connectivity index (χ3v) is 3.42. The molecule has 1 amide bonds. The normalized spacial score (nSPS) is 11.5. The molecule has 0 aliphatic carbocycles. The van der Waals surface area contributed by atoms with Crippen LogP contribution in [0.1, 0.15) is 22.2 Å². The fourth-order valence-electron chi connectivity index (χ4n) is 1.71. The molecule has 0 fully saturated rings. The van der Waals surface area contributed by atoms with E-state index in [9.17, 15) is 4.79 Å². The van der Waals surface area contributed by atoms with E-state index in [2.05, 4.69) is 22.1 Å². The fraction of sp³-hybridized carbons (Fsp3) is 0.286. The number of thiophene rings is 1. The monoisotopic (exact) mass is 289 g/mol. The highest BCUT2D eigenvalue weighted by Gasteiger charge is 2.11. The van der Waals surface area contributed by atoms with Crippen LogP contribution >= 0.6 is 11.3 Å². The fourth-order valence-corrected chi connectivity index (χ4v) is 2.47. The Hall–Kier alpha value is -2.10. The van der Waals surface area contributed by atoms with Gasteiger partial charge in [-0.3, -0.25) is 4.79 Å². The van der Waals surface area contributed by atoms with Crippen molar-refractivity contribution in [2.75, 3.05) is 6.61 Å². The van der Waals surface area contributed by atoms with E-state index in [4.69, 9.17) is 5.11 Å². The number of imidazole rings is 1. The van der Waals surface area contributed by atoms with E-state index in [1.165, 1.54) is 11.3 Å². The summed E-state index contributed by atoms with van der Waals surface area (Å²) >= 11 is 1.39. The van der Waals surface area contributed by atoms with Crippen molar-refractivity contribution in [3.05, 3.63) is 40.6 Å². The van der Waals surface area contributed by atoms with Gasteiger partial charge in [0.25, 0.3) is 5.91 Å². The molecular weight excluding hydrogens is 274 g/mol. The maximum absolute atomic E-state index is 12.0. The van der Waals surface area contributed by atoms with Crippen LogP contribution < -0.4 is 5.32 Å². The molecule has 0 aliphatic heterocycles. The van der Waals surface area contributed by atoms with Gasteiger partial charge in [0.15, 0.2) is 0 Å². The van der Waals surface area contributed by atoms with Crippen LogP contribution in [-0.4, -0.2) is 33.2 Å². The van der Waals surface area contributed by atoms with Gasteiger partial charge in [-0.2, -0.15) is 0 Å². The maximum atomic E-state index is 12.0. The number of nitrogens with zero attached hydrogens (tertiary/aromatic N) is 2. The Bertz CT molecular complexity index is 622. The SMILES string of the molecule is CC(Cn1ccnc1)NC(=O)c1csc(C#CCO)c1. The van der Waals surface area contributed by atoms with Gasteiger partial charge in [0.05, 0.1) is 16.8 Å². The van der Waals surface area contributed by atoms with Crippen LogP contribution in [0.3, 0.4) is 0 Å². The number of hydrogen-bond donors (Lipinski definition) is 2. The van der Waals surface area contributed by atoms with Crippen LogP contribution in [0.25, 0.3) is 0 Å². The Balaban J connectivity index is 1.92. The zero-order chi connectivity index (χ0) is 14.4. The Morgan fingerprint density at radius 2 is 2.50 bits per heavy atom. The summed E-state index contributed by atoms with van der Waals surface area (Å²) in [6.45, 7) is 2.44. The van der Waals surface area contributed by atoms with E-state index in [0.29, 0.717) is 12.1 Å². The van der Waals surface area contributed by atoms with Crippen LogP contribution in [0.15, 0.2) is 30.2 Å². The molecule has 2 aromatic rings. The summed E-state index contributed by atoms with van der Waals surface area (Å²) < 4.78 is 1.91. The van der Waals surface area contributed by atoms with E-state index in [-0.39, 0.29) is 18.6 Å². The molecule has 1 unspecified atom stereocenters. The highest BCUT2D eigenvalue weighted by molar-refractivity contribution is 7.10. The number of carbonyl (C=O) groups is 1. The largest absolute Gasteiger partial charge is 0.384 e. The highest BCUT2D eigenvalue weighted by atomic mass is 32.1. The van der Waals surface area contributed by atoms with E-state index in [1.54, 1.807) is 24.0 Å². The summed E-state index contributed by atoms with van der Waals surface area (Å²) in [4.78, 5) is 16.8. The Kier molecular flexibility index (Phi) is 4.93. The molecule has 2 aromatic heterocycles. The predicted octanol–water partition coefficient (Wildman–Crippen LogP) is 1.11. The molecule has 0 bridgehead atoms. The van der Waals surface area contributed by atoms with Gasteiger partial charge in [-0.05, 0) is 13.0 Å². The second-order valence-electron chi connectivity index (χ2n) is 4.29. The van der Waals surface area contributed by atoms with Gasteiger partial charge < -0.3 is 15.0 Å². The molecule has 2 heterocycles. The molecule has 0 aliphatic rings. The van der Waals surface area contributed by atoms with Crippen molar-refractivity contribution in [2.24, 2.45) is 0 Å². The molecule has 20 heavy (non-hydrogen) atoms. The van der Waals surface area contributed by atoms with Crippen LogP contribution in [0.5, 0.6) is 0 Å². The number of aromatic nitrogens is 2. The molecule has 6 heteroatoms. The van der Waals surface area contributed by atoms with Gasteiger partial charge in [0, 0.05) is 30.4 Å². The van der Waals surface area contributed by atoms with Crippen LogP contribution in [0, 0.1) is 11.8 Å². The van der Waals surface area contributed by atoms with E-state index >= 15 is 0 Å². The van der Waals surface area contributed by atoms with Crippen molar-refractivity contribution in [2.45, 2.75) is 19.5 Å². The van der Waals surface area contributed by atoms with Crippen molar-refractivity contribution in [1.29, 1.82) is 0 Å². The number of aliphatic hydroxyl groups excluding tert-OH is 1. The van der Waals surface area contributed by atoms with Gasteiger partial charge in [-0.25, -0.2) is 4.98 Å². The van der Waals surface area contributed by atoms with Crippen molar-refractivity contribution in [3.8, 4) is 11.8 Å². The summed E-state index contributed by atoms with van der Waals surface area (Å²) in [7, 11) is 0. The molecule has 1 atom stereocenters. The van der Waals surface area contributed by atoms with Gasteiger partial charge in [0.1, 0.15) is 6.61 Å². The van der Waals surface area contributed by atoms with Crippen LogP contribution in [0.4, 0.5) is 0 Å². The van der Waals surface area contributed by atoms with Gasteiger partial charge in [-0.1, -0.05) is 11.8 Å². The van der Waals surface area contributed by atoms with Crippen LogP contribution in [0.2, 0.25) is 0 Å². The average Bonchev–Trinajstić information content (AvgIpc) is 3.07. The minimum absolute atomic E-state index is 0.00331. The Morgan fingerprint density at radius 1 is 1.65 bits per heavy atom. The molecule has 0 radical (unpaired) electrons. The maximum Gasteiger partial charge on any atom is 0.252 e. The molecule has 2 N–H and O–H groups in total. The molecule has 104 valence electrons. The van der Waals surface area contributed by atoms with Gasteiger partial charge in [0.2, 0.25) is 0 Å². The Morgan fingerprint density at radius 3 is 3.20 bits per heavy atom. The lowest BCUT2D eigenvalue weighted by Crippen LogP contribution is -2.35. The highest BCUT2D eigenvalue weighted by Crippen LogP contribution is 2.13. The summed E-state index contributed by atoms with van der Waals surface area (Å²) in [5.74, 6) is 5.23. The number of hydrogen-bond acceptors (Lipinski definition) is 4. The molecule has 0 aromatic carbocycles. The lowest BCUT2D eigenvalue weighted by atomic mass is 10.2. The number of amides is 1. The van der Waals surface area contributed by atoms with Crippen molar-refractivity contribution in [3.63, 3.8) is 0 Å². The molecule has 2 rings (SSSR count). The summed E-state index contributed by atoms with van der Waals surface area (Å²) in [5.41, 5.74) is 0.592. The first kappa shape index (κ1) is 14.3. The third-order valence-electron chi connectivity index (χ3n) is 2.57. The van der Waals surface area contributed by atoms with Gasteiger partial charge >= 0.3 is 0 Å². The van der Waals surface area contributed by atoms with E-state index in [0.717, 1.165) is 4.88 Å². The van der Waals surface area contributed by atoms with Gasteiger partial charge in [-0.15, -0.1) is 11.3 Å². The first-order chi connectivity index (χ1) is 9.69. The van der Waals surface area contributed by atoms with Crippen molar-refractivity contribution < 1.29 is 9.90 Å². The van der Waals surface area contributed by atoms with Crippen molar-refractivity contribution >= 4 is 17.2 Å². The summed E-state index contributed by atoms with van der Waals surface area (Å²) in [6.07, 6.45) is 5.28. The molecule has 0 spiro atoms. The zero-order valence-electron chi connectivity index (χ0n) is 11.0. The number of rotatable bonds is 4. The first-order valence-corrected chi connectivity index (χ1v) is 7.02. The van der Waals surface area contributed by atoms with Crippen molar-refractivity contribution in [1.82, 2.24) is 14.9 Å². The number of aliphatic hydroxyl groups is 1.